The summed E-state index contributed by atoms with van der Waals surface area (Å²) in [6, 6.07) is 0. The van der Waals surface area contributed by atoms with Crippen LogP contribution in [-0.4, -0.2) is 104 Å². The van der Waals surface area contributed by atoms with E-state index in [0.29, 0.717) is 32.1 Å². The fraction of sp³-hybridized carbons (Fsp3) is 0.902. The summed E-state index contributed by atoms with van der Waals surface area (Å²) >= 11 is 0. The van der Waals surface area contributed by atoms with Crippen LogP contribution in [0.2, 0.25) is 0 Å². The molecule has 0 amide bonds. The van der Waals surface area contributed by atoms with Gasteiger partial charge in [-0.05, 0) is 37.5 Å². The van der Waals surface area contributed by atoms with Crippen LogP contribution in [0.1, 0.15) is 162 Å². The summed E-state index contributed by atoms with van der Waals surface area (Å²) in [5.41, 5.74) is 0. The second-order valence-corrected chi connectivity index (χ2v) is 18.9. The van der Waals surface area contributed by atoms with Crippen molar-refractivity contribution in [1.29, 1.82) is 0 Å². The Morgan fingerprint density at radius 2 is 1.25 bits per heavy atom. The summed E-state index contributed by atoms with van der Waals surface area (Å²) in [5.74, 6) is -0.775. The Bertz CT molecular complexity index is 1230. The topological polar surface area (TPSA) is 256 Å². The molecule has 0 bridgehead atoms. The fourth-order valence-corrected chi connectivity index (χ4v) is 8.16. The third-order valence-corrected chi connectivity index (χ3v) is 12.2. The van der Waals surface area contributed by atoms with Gasteiger partial charge in [0.25, 0.3) is 0 Å². The molecule has 2 unspecified atom stereocenters. The van der Waals surface area contributed by atoms with Gasteiger partial charge >= 0.3 is 27.6 Å². The minimum Gasteiger partial charge on any atom is -0.462 e. The van der Waals surface area contributed by atoms with E-state index in [1.54, 1.807) is 6.08 Å². The second kappa shape index (κ2) is 32.4. The molecule has 18 heteroatoms. The average Bonchev–Trinajstić information content (AvgIpc) is 3.45. The molecule has 0 aliphatic heterocycles. The van der Waals surface area contributed by atoms with Gasteiger partial charge in [-0.1, -0.05) is 129 Å². The molecule has 59 heavy (non-hydrogen) atoms. The van der Waals surface area contributed by atoms with Crippen LogP contribution < -0.4 is 0 Å². The maximum absolute atomic E-state index is 12.8. The van der Waals surface area contributed by atoms with E-state index in [1.165, 1.54) is 32.1 Å². The van der Waals surface area contributed by atoms with Gasteiger partial charge in [0.05, 0.1) is 38.1 Å². The SMILES string of the molecule is CCCCC[C@H](O)/C=C/[C@@H]1[C@@H](CCCCCCC(=O)O[C@H](COC(=O)CCCCCCCCCCC(C)CC)COP(=O)(O)OC[C@@H](O)COP(=O)(O)O)[C@@H](O)C[C@H]1O. The van der Waals surface area contributed by atoms with E-state index in [4.69, 9.17) is 23.8 Å². The fourth-order valence-electron chi connectivity index (χ4n) is 7.01. The first kappa shape index (κ1) is 55.8. The molecule has 1 rings (SSSR count). The van der Waals surface area contributed by atoms with Gasteiger partial charge in [-0.2, -0.15) is 0 Å². The zero-order valence-corrected chi connectivity index (χ0v) is 37.6. The van der Waals surface area contributed by atoms with Crippen molar-refractivity contribution >= 4 is 27.6 Å². The molecule has 1 aliphatic carbocycles. The highest BCUT2D eigenvalue weighted by atomic mass is 31.2. The summed E-state index contributed by atoms with van der Waals surface area (Å²) in [5, 5.41) is 41.1. The van der Waals surface area contributed by atoms with Gasteiger partial charge in [-0.3, -0.25) is 23.2 Å². The Morgan fingerprint density at radius 1 is 0.695 bits per heavy atom. The van der Waals surface area contributed by atoms with Crippen molar-refractivity contribution in [2.75, 3.05) is 26.4 Å². The molecule has 7 N–H and O–H groups in total. The Kier molecular flexibility index (Phi) is 30.6. The molecule has 0 aromatic heterocycles. The van der Waals surface area contributed by atoms with Gasteiger partial charge in [-0.15, -0.1) is 0 Å². The van der Waals surface area contributed by atoms with Crippen LogP contribution in [-0.2, 0) is 41.8 Å². The number of carbonyl (C=O) groups is 2. The van der Waals surface area contributed by atoms with Crippen molar-refractivity contribution in [2.45, 2.75) is 193 Å². The van der Waals surface area contributed by atoms with E-state index in [-0.39, 0.29) is 31.1 Å². The Hall–Kier alpha value is -1.26. The van der Waals surface area contributed by atoms with E-state index >= 15 is 0 Å². The average molecular weight is 889 g/mol. The third-order valence-electron chi connectivity index (χ3n) is 10.8. The molecule has 16 nitrogen and oxygen atoms in total. The number of carbonyl (C=O) groups excluding carboxylic acids is 2. The largest absolute Gasteiger partial charge is 0.472 e. The number of aliphatic hydroxyl groups is 4. The van der Waals surface area contributed by atoms with Crippen LogP contribution in [0.4, 0.5) is 0 Å². The Morgan fingerprint density at radius 3 is 1.88 bits per heavy atom. The number of hydrogen-bond acceptors (Lipinski definition) is 13. The molecule has 9 atom stereocenters. The molecule has 348 valence electrons. The standard InChI is InChI=1S/C41H78O16P2/c1-4-6-15-21-33(42)25-26-37-36(38(44)27-39(37)45)22-17-13-14-19-24-41(47)57-35(31-56-59(51,52)55-29-34(43)28-54-58(48,49)50)30-53-40(46)23-18-12-10-8-7-9-11-16-20-32(3)5-2/h25-26,32-39,42-45H,4-24,27-31H2,1-3H3,(H,51,52)(H2,48,49,50)/b26-25+/t32?,33-,34-,35+,36+,37+,38-,39+/m0/s1. The highest BCUT2D eigenvalue weighted by molar-refractivity contribution is 7.47. The van der Waals surface area contributed by atoms with Gasteiger partial charge < -0.3 is 44.6 Å². The smallest absolute Gasteiger partial charge is 0.462 e. The minimum atomic E-state index is -4.89. The predicted molar refractivity (Wildman–Crippen MR) is 223 cm³/mol. The number of unbranched alkanes of at least 4 members (excludes halogenated alkanes) is 12. The third kappa shape index (κ3) is 29.6. The molecule has 0 aromatic rings. The lowest BCUT2D eigenvalue weighted by Gasteiger charge is -2.21. The highest BCUT2D eigenvalue weighted by Gasteiger charge is 2.39. The first-order valence-electron chi connectivity index (χ1n) is 22.0. The molecule has 0 heterocycles. The van der Waals surface area contributed by atoms with Crippen molar-refractivity contribution in [3.05, 3.63) is 12.2 Å². The molecule has 0 aromatic carbocycles. The number of esters is 2. The summed E-state index contributed by atoms with van der Waals surface area (Å²) in [7, 11) is -9.75. The van der Waals surface area contributed by atoms with Gasteiger partial charge in [0.2, 0.25) is 0 Å². The lowest BCUT2D eigenvalue weighted by atomic mass is 9.88. The number of phosphoric ester groups is 2. The van der Waals surface area contributed by atoms with Crippen LogP contribution in [0.3, 0.4) is 0 Å². The second-order valence-electron chi connectivity index (χ2n) is 16.2. The molecule has 0 saturated heterocycles. The molecule has 1 aliphatic rings. The summed E-state index contributed by atoms with van der Waals surface area (Å²) in [6.45, 7) is 3.71. The Labute approximate surface area is 352 Å². The zero-order valence-electron chi connectivity index (χ0n) is 35.9. The van der Waals surface area contributed by atoms with Crippen molar-refractivity contribution < 1.29 is 76.9 Å². The van der Waals surface area contributed by atoms with Gasteiger partial charge in [0, 0.05) is 25.2 Å². The quantitative estimate of drug-likeness (QED) is 0.0141. The molecule has 0 radical (unpaired) electrons. The van der Waals surface area contributed by atoms with Crippen molar-refractivity contribution in [2.24, 2.45) is 17.8 Å². The lowest BCUT2D eigenvalue weighted by Crippen LogP contribution is -2.30. The maximum atomic E-state index is 12.8. The van der Waals surface area contributed by atoms with Crippen molar-refractivity contribution in [3.63, 3.8) is 0 Å². The number of aliphatic hydroxyl groups excluding tert-OH is 4. The normalized spacial score (nSPS) is 21.6. The van der Waals surface area contributed by atoms with Crippen LogP contribution in [0, 0.1) is 17.8 Å². The van der Waals surface area contributed by atoms with Crippen molar-refractivity contribution in [3.8, 4) is 0 Å². The maximum Gasteiger partial charge on any atom is 0.472 e. The monoisotopic (exact) mass is 888 g/mol. The van der Waals surface area contributed by atoms with Gasteiger partial charge in [-0.25, -0.2) is 9.13 Å². The van der Waals surface area contributed by atoms with Crippen LogP contribution in [0.5, 0.6) is 0 Å². The van der Waals surface area contributed by atoms with Gasteiger partial charge in [0.1, 0.15) is 12.7 Å². The van der Waals surface area contributed by atoms with Crippen LogP contribution >= 0.6 is 15.6 Å². The molecule has 1 saturated carbocycles. The van der Waals surface area contributed by atoms with E-state index in [9.17, 15) is 44.0 Å². The molecule has 0 spiro atoms. The number of rotatable bonds is 37. The summed E-state index contributed by atoms with van der Waals surface area (Å²) < 4.78 is 47.8. The van der Waals surface area contributed by atoms with E-state index in [0.717, 1.165) is 63.7 Å². The van der Waals surface area contributed by atoms with Crippen LogP contribution in [0.15, 0.2) is 12.2 Å². The zero-order chi connectivity index (χ0) is 44.1. The predicted octanol–water partition coefficient (Wildman–Crippen LogP) is 7.19. The minimum absolute atomic E-state index is 0.00735. The first-order chi connectivity index (χ1) is 28.0. The van der Waals surface area contributed by atoms with E-state index in [1.807, 2.05) is 6.08 Å². The molecule has 1 fully saturated rings. The van der Waals surface area contributed by atoms with Crippen LogP contribution in [0.25, 0.3) is 0 Å². The molecular formula is C41H78O16P2. The van der Waals surface area contributed by atoms with Gasteiger partial charge in [0.15, 0.2) is 6.10 Å². The summed E-state index contributed by atoms with van der Waals surface area (Å²) in [6.07, 6.45) is 17.1. The summed E-state index contributed by atoms with van der Waals surface area (Å²) in [4.78, 5) is 52.9. The number of phosphoric acid groups is 2. The Balaban J connectivity index is 2.56. The van der Waals surface area contributed by atoms with E-state index < -0.39 is 84.5 Å². The first-order valence-corrected chi connectivity index (χ1v) is 25.1. The molecular weight excluding hydrogens is 810 g/mol. The number of hydrogen-bond donors (Lipinski definition) is 7. The number of ether oxygens (including phenoxy) is 2. The van der Waals surface area contributed by atoms with Crippen molar-refractivity contribution in [1.82, 2.24) is 0 Å². The highest BCUT2D eigenvalue weighted by Crippen LogP contribution is 2.44. The lowest BCUT2D eigenvalue weighted by molar-refractivity contribution is -0.161. The van der Waals surface area contributed by atoms with E-state index in [2.05, 4.69) is 29.8 Å².